The van der Waals surface area contributed by atoms with Crippen molar-refractivity contribution in [2.75, 3.05) is 6.61 Å². The van der Waals surface area contributed by atoms with Crippen molar-refractivity contribution in [2.24, 2.45) is 35.6 Å². The second-order valence-electron chi connectivity index (χ2n) is 11.0. The normalized spacial score (nSPS) is 35.1. The molecule has 6 atom stereocenters. The van der Waals surface area contributed by atoms with Gasteiger partial charge in [-0.3, -0.25) is 0 Å². The molecule has 1 aromatic rings. The van der Waals surface area contributed by atoms with Crippen molar-refractivity contribution in [3.63, 3.8) is 0 Å². The van der Waals surface area contributed by atoms with Crippen molar-refractivity contribution < 1.29 is 10.2 Å². The van der Waals surface area contributed by atoms with Gasteiger partial charge in [-0.1, -0.05) is 58.6 Å². The van der Waals surface area contributed by atoms with Crippen LogP contribution in [0, 0.1) is 28.6 Å². The van der Waals surface area contributed by atoms with E-state index in [0.717, 1.165) is 25.2 Å². The summed E-state index contributed by atoms with van der Waals surface area (Å²) >= 11 is 0. The summed E-state index contributed by atoms with van der Waals surface area (Å²) in [7, 11) is 2.03. The Labute approximate surface area is 209 Å². The van der Waals surface area contributed by atoms with E-state index in [4.69, 9.17) is 0 Å². The topological polar surface area (TPSA) is 45.4 Å². The maximum Gasteiger partial charge on any atom is 0.0544 e. The van der Waals surface area contributed by atoms with Crippen molar-refractivity contribution in [3.8, 4) is 0 Å². The van der Waals surface area contributed by atoms with E-state index in [2.05, 4.69) is 43.7 Å². The van der Waals surface area contributed by atoms with Gasteiger partial charge in [0.2, 0.25) is 0 Å². The Morgan fingerprint density at radius 1 is 1.12 bits per heavy atom. The summed E-state index contributed by atoms with van der Waals surface area (Å²) < 4.78 is 2.08. The molecule has 3 heteroatoms. The van der Waals surface area contributed by atoms with E-state index >= 15 is 0 Å². The Morgan fingerprint density at radius 3 is 2.44 bits per heavy atom. The van der Waals surface area contributed by atoms with Gasteiger partial charge in [-0.25, -0.2) is 0 Å². The Balaban J connectivity index is 0.000000266. The number of allylic oxidation sites excluding steroid dienone is 2. The zero-order valence-electron chi connectivity index (χ0n) is 22.8. The van der Waals surface area contributed by atoms with Gasteiger partial charge in [-0.15, -0.1) is 0 Å². The van der Waals surface area contributed by atoms with Crippen LogP contribution in [-0.2, 0) is 7.05 Å². The number of aromatic nitrogens is 1. The van der Waals surface area contributed by atoms with E-state index in [9.17, 15) is 10.2 Å². The molecular formula is C31H51NO2. The SMILES string of the molecule is C=C1CCC2CC(C3(C)CCC(O)CC3CO)CCC12C.C=Cc1ccn(C)c1/C=C\C.CC. The number of hydrogen-bond acceptors (Lipinski definition) is 2. The highest BCUT2D eigenvalue weighted by Crippen LogP contribution is 2.61. The maximum absolute atomic E-state index is 9.94. The van der Waals surface area contributed by atoms with Crippen LogP contribution in [0.1, 0.15) is 97.2 Å². The maximum atomic E-state index is 9.94. The molecule has 1 heterocycles. The Hall–Kier alpha value is -1.58. The van der Waals surface area contributed by atoms with Crippen LogP contribution in [0.15, 0.2) is 37.1 Å². The molecule has 6 unspecified atom stereocenters. The third-order valence-corrected chi connectivity index (χ3v) is 9.44. The largest absolute Gasteiger partial charge is 0.396 e. The van der Waals surface area contributed by atoms with E-state index in [0.29, 0.717) is 11.3 Å². The molecule has 1 aromatic heterocycles. The van der Waals surface area contributed by atoms with Crippen molar-refractivity contribution in [2.45, 2.75) is 92.1 Å². The Bertz CT molecular complexity index is 836. The fourth-order valence-corrected chi connectivity index (χ4v) is 6.86. The summed E-state index contributed by atoms with van der Waals surface area (Å²) in [4.78, 5) is 0. The first-order valence-electron chi connectivity index (χ1n) is 13.6. The average molecular weight is 470 g/mol. The van der Waals surface area contributed by atoms with Crippen molar-refractivity contribution >= 4 is 12.2 Å². The van der Waals surface area contributed by atoms with Crippen LogP contribution < -0.4 is 0 Å². The fraction of sp³-hybridized carbons (Fsp3) is 0.677. The summed E-state index contributed by atoms with van der Waals surface area (Å²) in [5.74, 6) is 1.79. The minimum absolute atomic E-state index is 0.199. The number of fused-ring (bicyclic) bond motifs is 1. The summed E-state index contributed by atoms with van der Waals surface area (Å²) in [6.45, 7) is 19.1. The van der Waals surface area contributed by atoms with Gasteiger partial charge in [0.15, 0.2) is 0 Å². The Morgan fingerprint density at radius 2 is 1.82 bits per heavy atom. The molecule has 34 heavy (non-hydrogen) atoms. The van der Waals surface area contributed by atoms with E-state index in [-0.39, 0.29) is 24.0 Å². The van der Waals surface area contributed by atoms with Gasteiger partial charge < -0.3 is 14.8 Å². The monoisotopic (exact) mass is 469 g/mol. The molecule has 3 nitrogen and oxygen atoms in total. The Kier molecular flexibility index (Phi) is 10.5. The molecule has 0 bridgehead atoms. The lowest BCUT2D eigenvalue weighted by molar-refractivity contribution is -0.0661. The predicted molar refractivity (Wildman–Crippen MR) is 147 cm³/mol. The molecule has 0 radical (unpaired) electrons. The lowest BCUT2D eigenvalue weighted by atomic mass is 9.53. The molecule has 0 spiro atoms. The van der Waals surface area contributed by atoms with Gasteiger partial charge in [0, 0.05) is 25.5 Å². The quantitative estimate of drug-likeness (QED) is 0.445. The van der Waals surface area contributed by atoms with E-state index in [1.54, 1.807) is 0 Å². The highest BCUT2D eigenvalue weighted by molar-refractivity contribution is 5.62. The summed E-state index contributed by atoms with van der Waals surface area (Å²) in [6, 6.07) is 2.06. The number of aliphatic hydroxyl groups excluding tert-OH is 2. The smallest absolute Gasteiger partial charge is 0.0544 e. The number of nitrogens with zero attached hydrogens (tertiary/aromatic N) is 1. The molecule has 3 aliphatic rings. The van der Waals surface area contributed by atoms with E-state index in [1.807, 2.05) is 46.2 Å². The van der Waals surface area contributed by atoms with Crippen LogP contribution in [0.2, 0.25) is 0 Å². The summed E-state index contributed by atoms with van der Waals surface area (Å²) in [6.07, 6.45) is 17.0. The molecule has 2 N–H and O–H groups in total. The zero-order valence-corrected chi connectivity index (χ0v) is 22.8. The van der Waals surface area contributed by atoms with Crippen LogP contribution in [0.4, 0.5) is 0 Å². The van der Waals surface area contributed by atoms with Crippen LogP contribution >= 0.6 is 0 Å². The lowest BCUT2D eigenvalue weighted by Crippen LogP contribution is -2.46. The highest BCUT2D eigenvalue weighted by atomic mass is 16.3. The molecule has 3 aliphatic carbocycles. The van der Waals surface area contributed by atoms with Gasteiger partial charge in [-0.2, -0.15) is 0 Å². The number of aryl methyl sites for hydroxylation is 1. The van der Waals surface area contributed by atoms with Crippen molar-refractivity contribution in [1.82, 2.24) is 4.57 Å². The molecular weight excluding hydrogens is 418 g/mol. The second kappa shape index (κ2) is 12.4. The predicted octanol–water partition coefficient (Wildman–Crippen LogP) is 7.65. The molecule has 0 amide bonds. The number of hydrogen-bond donors (Lipinski definition) is 2. The molecule has 4 rings (SSSR count). The van der Waals surface area contributed by atoms with Crippen LogP contribution in [0.25, 0.3) is 12.2 Å². The van der Waals surface area contributed by atoms with Crippen molar-refractivity contribution in [1.29, 1.82) is 0 Å². The van der Waals surface area contributed by atoms with Crippen LogP contribution in [0.3, 0.4) is 0 Å². The molecule has 3 saturated carbocycles. The van der Waals surface area contributed by atoms with Gasteiger partial charge in [0.05, 0.1) is 6.10 Å². The van der Waals surface area contributed by atoms with Gasteiger partial charge >= 0.3 is 0 Å². The molecule has 0 aliphatic heterocycles. The minimum atomic E-state index is -0.199. The number of rotatable bonds is 4. The van der Waals surface area contributed by atoms with Gasteiger partial charge in [-0.05, 0) is 105 Å². The summed E-state index contributed by atoms with van der Waals surface area (Å²) in [5.41, 5.74) is 4.48. The van der Waals surface area contributed by atoms with Crippen molar-refractivity contribution in [3.05, 3.63) is 48.3 Å². The second-order valence-corrected chi connectivity index (χ2v) is 11.0. The van der Waals surface area contributed by atoms with Crippen LogP contribution in [-0.4, -0.2) is 27.5 Å². The fourth-order valence-electron chi connectivity index (χ4n) is 6.86. The standard InChI is InChI=1S/C19H32O2.C10H13N.C2H6/c1-13-4-5-14-10-15(6-8-18(13,14)2)19(3)9-7-17(21)11-16(19)12-20;1-4-6-10-9(5-2)7-8-11(10)3;1-2/h14-17,20-21H,1,4-12H2,2-3H3;4-8H,2H2,1,3H3;1-2H3/b;6-4-;. The number of aliphatic hydroxyl groups is 2. The van der Waals surface area contributed by atoms with E-state index in [1.165, 1.54) is 48.9 Å². The first-order valence-corrected chi connectivity index (χ1v) is 13.6. The van der Waals surface area contributed by atoms with Gasteiger partial charge in [0.1, 0.15) is 0 Å². The van der Waals surface area contributed by atoms with E-state index < -0.39 is 0 Å². The first kappa shape index (κ1) is 28.7. The third kappa shape index (κ3) is 5.79. The summed E-state index contributed by atoms with van der Waals surface area (Å²) in [5, 5.41) is 19.8. The minimum Gasteiger partial charge on any atom is -0.396 e. The highest BCUT2D eigenvalue weighted by Gasteiger charge is 2.52. The van der Waals surface area contributed by atoms with Crippen LogP contribution in [0.5, 0.6) is 0 Å². The zero-order chi connectivity index (χ0) is 25.5. The lowest BCUT2D eigenvalue weighted by Gasteiger charge is -2.52. The molecule has 0 aromatic carbocycles. The molecule has 192 valence electrons. The third-order valence-electron chi connectivity index (χ3n) is 9.44. The molecule has 0 saturated heterocycles. The average Bonchev–Trinajstić information content (AvgIpc) is 3.35. The molecule has 3 fully saturated rings. The van der Waals surface area contributed by atoms with Gasteiger partial charge in [0.25, 0.3) is 0 Å². The first-order chi connectivity index (χ1) is 16.2.